The summed E-state index contributed by atoms with van der Waals surface area (Å²) in [6.07, 6.45) is -1.18. The number of hydrogen-bond acceptors (Lipinski definition) is 8. The van der Waals surface area contributed by atoms with Crippen LogP contribution in [0.1, 0.15) is 57.6 Å². The van der Waals surface area contributed by atoms with Gasteiger partial charge in [-0.2, -0.15) is 14.4 Å². The highest BCUT2D eigenvalue weighted by Crippen LogP contribution is 2.40. The Hall–Kier alpha value is -5.29. The first-order valence-electron chi connectivity index (χ1n) is 14.2. The summed E-state index contributed by atoms with van der Waals surface area (Å²) in [5, 5.41) is 0. The first-order valence-corrected chi connectivity index (χ1v) is 14.2. The normalized spacial score (nSPS) is 19.5. The number of nitrogens with zero attached hydrogens (tertiary/aromatic N) is 5. The van der Waals surface area contributed by atoms with Gasteiger partial charge in [0, 0.05) is 17.0 Å². The van der Waals surface area contributed by atoms with Crippen LogP contribution >= 0.6 is 0 Å². The van der Waals surface area contributed by atoms with Crippen molar-refractivity contribution in [3.8, 4) is 0 Å². The van der Waals surface area contributed by atoms with Crippen molar-refractivity contribution in [1.29, 1.82) is 0 Å². The van der Waals surface area contributed by atoms with Gasteiger partial charge in [-0.3, -0.25) is 14.2 Å². The molecule has 0 spiro atoms. The molecule has 44 heavy (non-hydrogen) atoms. The Balaban J connectivity index is 1.45. The van der Waals surface area contributed by atoms with Gasteiger partial charge in [-0.15, -0.1) is 0 Å². The minimum atomic E-state index is -1.18. The number of fused-ring (bicyclic) bond motifs is 1. The van der Waals surface area contributed by atoms with E-state index in [2.05, 4.69) is 15.0 Å². The van der Waals surface area contributed by atoms with Gasteiger partial charge in [-0.1, -0.05) is 68.4 Å². The third kappa shape index (κ3) is 5.33. The summed E-state index contributed by atoms with van der Waals surface area (Å²) in [5.74, 6) is -2.53. The second kappa shape index (κ2) is 12.1. The van der Waals surface area contributed by atoms with Crippen LogP contribution in [0.25, 0.3) is 11.2 Å². The van der Waals surface area contributed by atoms with E-state index in [1.807, 2.05) is 13.8 Å². The van der Waals surface area contributed by atoms with E-state index >= 15 is 4.39 Å². The molecule has 222 valence electrons. The van der Waals surface area contributed by atoms with Crippen molar-refractivity contribution in [2.75, 3.05) is 4.90 Å². The average molecular weight is 593 g/mol. The van der Waals surface area contributed by atoms with E-state index in [1.54, 1.807) is 91.0 Å². The van der Waals surface area contributed by atoms with Crippen LogP contribution in [-0.4, -0.2) is 49.5 Å². The minimum absolute atomic E-state index is 0.00991. The highest BCUT2D eigenvalue weighted by molar-refractivity contribution is 6.27. The molecule has 1 aliphatic rings. The van der Waals surface area contributed by atoms with Crippen molar-refractivity contribution < 1.29 is 28.2 Å². The summed E-state index contributed by atoms with van der Waals surface area (Å²) in [5.41, 5.74) is 0.710. The lowest BCUT2D eigenvalue weighted by molar-refractivity contribution is -0.0469. The Labute approximate surface area is 252 Å². The fraction of sp³-hybridized carbons (Fsp3) is 0.212. The summed E-state index contributed by atoms with van der Waals surface area (Å²) in [6.45, 7) is 3.86. The number of carbonyl (C=O) groups is 3. The predicted octanol–water partition coefficient (Wildman–Crippen LogP) is 5.62. The summed E-state index contributed by atoms with van der Waals surface area (Å²) >= 11 is 0. The van der Waals surface area contributed by atoms with Crippen molar-refractivity contribution in [3.63, 3.8) is 0 Å². The number of rotatable bonds is 7. The van der Waals surface area contributed by atoms with E-state index in [9.17, 15) is 14.4 Å². The van der Waals surface area contributed by atoms with Gasteiger partial charge in [0.15, 0.2) is 29.3 Å². The van der Waals surface area contributed by atoms with Crippen LogP contribution in [-0.2, 0) is 9.47 Å². The molecule has 5 aromatic rings. The first-order chi connectivity index (χ1) is 21.4. The molecule has 3 heterocycles. The monoisotopic (exact) mass is 592 g/mol. The van der Waals surface area contributed by atoms with Gasteiger partial charge in [0.05, 0.1) is 18.0 Å². The topological polar surface area (TPSA) is 117 Å². The summed E-state index contributed by atoms with van der Waals surface area (Å²) in [6, 6.07) is 24.9. The number of halogens is 1. The number of imide groups is 1. The summed E-state index contributed by atoms with van der Waals surface area (Å²) in [4.78, 5) is 53.8. The van der Waals surface area contributed by atoms with Crippen molar-refractivity contribution >= 4 is 34.8 Å². The molecule has 2 amide bonds. The largest absolute Gasteiger partial charge is 0.454 e. The van der Waals surface area contributed by atoms with E-state index < -0.39 is 36.2 Å². The number of hydrogen-bond donors (Lipinski definition) is 0. The number of carbonyl (C=O) groups excluding carboxylic acids is 3. The molecule has 1 saturated heterocycles. The van der Waals surface area contributed by atoms with E-state index in [4.69, 9.17) is 9.47 Å². The molecule has 10 nitrogen and oxygen atoms in total. The first kappa shape index (κ1) is 28.8. The number of amides is 2. The number of ether oxygens (including phenoxy) is 2. The Kier molecular flexibility index (Phi) is 7.95. The molecule has 0 saturated carbocycles. The van der Waals surface area contributed by atoms with Gasteiger partial charge in [-0.25, -0.2) is 14.7 Å². The van der Waals surface area contributed by atoms with Gasteiger partial charge in [0.2, 0.25) is 0 Å². The number of aromatic nitrogens is 4. The SMILES string of the molecule is CC[C@H]1O[C@@H](n2cnc3c(N(C(=O)c4ccccc4)C(=O)c4ccccc4)nc([18F])nc32)[C@@H](OC(=O)c2ccccc2)[C@@H]1C. The Morgan fingerprint density at radius 1 is 0.864 bits per heavy atom. The van der Waals surface area contributed by atoms with Gasteiger partial charge >= 0.3 is 12.0 Å². The second-order valence-corrected chi connectivity index (χ2v) is 10.4. The quantitative estimate of drug-likeness (QED) is 0.136. The molecule has 3 aromatic carbocycles. The molecular weight excluding hydrogens is 564 g/mol. The number of benzene rings is 3. The molecule has 6 rings (SSSR count). The van der Waals surface area contributed by atoms with Crippen LogP contribution in [0.15, 0.2) is 97.3 Å². The zero-order chi connectivity index (χ0) is 30.8. The standard InChI is InChI=1S/C33H28FN5O5/c1-3-24-20(2)26(44-32(42)23-17-11-6-12-18-23)31(43-24)38-19-35-25-27(38)36-33(34)37-28(25)39(29(40)21-13-7-4-8-14-21)30(41)22-15-9-5-10-16-22/h4-20,24,26,31H,3H2,1-2H3/t20-,24-,26+,31-/m1/s1/i34-1. The van der Waals surface area contributed by atoms with E-state index in [1.165, 1.54) is 10.9 Å². The molecule has 1 aliphatic heterocycles. The molecule has 0 N–H and O–H groups in total. The van der Waals surface area contributed by atoms with Crippen LogP contribution in [0.4, 0.5) is 10.2 Å². The van der Waals surface area contributed by atoms with Crippen LogP contribution in [0.3, 0.4) is 0 Å². The molecule has 0 radical (unpaired) electrons. The van der Waals surface area contributed by atoms with Gasteiger partial charge in [0.25, 0.3) is 11.8 Å². The van der Waals surface area contributed by atoms with Gasteiger partial charge < -0.3 is 9.47 Å². The minimum Gasteiger partial charge on any atom is -0.454 e. The van der Waals surface area contributed by atoms with Crippen LogP contribution in [0.2, 0.25) is 0 Å². The Morgan fingerprint density at radius 2 is 1.41 bits per heavy atom. The number of imidazole rings is 1. The highest BCUT2D eigenvalue weighted by atomic mass is 18.2. The van der Waals surface area contributed by atoms with Crippen LogP contribution in [0, 0.1) is 12.0 Å². The molecule has 0 unspecified atom stereocenters. The smallest absolute Gasteiger partial charge is 0.338 e. The van der Waals surface area contributed by atoms with Crippen molar-refractivity contribution in [3.05, 3.63) is 120 Å². The lowest BCUT2D eigenvalue weighted by Crippen LogP contribution is -2.38. The Morgan fingerprint density at radius 3 is 1.95 bits per heavy atom. The lowest BCUT2D eigenvalue weighted by Gasteiger charge is -2.23. The average Bonchev–Trinajstić information content (AvgIpc) is 3.62. The van der Waals surface area contributed by atoms with Gasteiger partial charge in [0.1, 0.15) is 0 Å². The van der Waals surface area contributed by atoms with Crippen molar-refractivity contribution in [2.45, 2.75) is 38.7 Å². The van der Waals surface area contributed by atoms with E-state index in [0.29, 0.717) is 12.0 Å². The van der Waals surface area contributed by atoms with Crippen LogP contribution < -0.4 is 4.90 Å². The molecular formula is C33H28FN5O5. The Bertz CT molecular complexity index is 1760. The highest BCUT2D eigenvalue weighted by Gasteiger charge is 2.46. The molecule has 11 heteroatoms. The summed E-state index contributed by atoms with van der Waals surface area (Å²) in [7, 11) is 0. The fourth-order valence-electron chi connectivity index (χ4n) is 5.40. The maximum atomic E-state index is 15.2. The number of anilines is 1. The number of esters is 1. The molecule has 2 aromatic heterocycles. The second-order valence-electron chi connectivity index (χ2n) is 10.4. The predicted molar refractivity (Wildman–Crippen MR) is 158 cm³/mol. The van der Waals surface area contributed by atoms with Crippen molar-refractivity contribution in [1.82, 2.24) is 19.5 Å². The maximum absolute atomic E-state index is 15.2. The summed E-state index contributed by atoms with van der Waals surface area (Å²) < 4.78 is 29.0. The van der Waals surface area contributed by atoms with Crippen molar-refractivity contribution in [2.24, 2.45) is 5.92 Å². The third-order valence-corrected chi connectivity index (χ3v) is 7.66. The zero-order valence-corrected chi connectivity index (χ0v) is 23.9. The molecule has 0 bridgehead atoms. The van der Waals surface area contributed by atoms with E-state index in [-0.39, 0.29) is 40.1 Å². The molecule has 1 fully saturated rings. The molecule has 0 aliphatic carbocycles. The maximum Gasteiger partial charge on any atom is 0.338 e. The molecule has 4 atom stereocenters. The van der Waals surface area contributed by atoms with E-state index in [0.717, 1.165) is 4.90 Å². The lowest BCUT2D eigenvalue weighted by atomic mass is 9.98. The fourth-order valence-corrected chi connectivity index (χ4v) is 5.40. The zero-order valence-electron chi connectivity index (χ0n) is 23.9. The van der Waals surface area contributed by atoms with Crippen LogP contribution in [0.5, 0.6) is 0 Å². The van der Waals surface area contributed by atoms with Gasteiger partial charge in [-0.05, 0) is 42.8 Å². The third-order valence-electron chi connectivity index (χ3n) is 7.66.